The Balaban J connectivity index is 2.68. The molecule has 0 aliphatic heterocycles. The molecule has 2 aromatic heterocycles. The van der Waals surface area contributed by atoms with Crippen LogP contribution < -0.4 is 9.73 Å². The number of fused-ring (bicyclic) bond motifs is 3. The fourth-order valence-corrected chi connectivity index (χ4v) is 1.46. The fraction of sp³-hybridized carbons (Fsp3) is 0. The zero-order valence-corrected chi connectivity index (χ0v) is 6.38. The van der Waals surface area contributed by atoms with Gasteiger partial charge in [0.25, 0.3) is 0 Å². The highest BCUT2D eigenvalue weighted by Gasteiger charge is 1.98. The van der Waals surface area contributed by atoms with Gasteiger partial charge in [0, 0.05) is 17.1 Å². The molecule has 58 valence electrons. The second kappa shape index (κ2) is 1.88. The first-order valence-corrected chi connectivity index (χ1v) is 3.86. The fourth-order valence-electron chi connectivity index (χ4n) is 1.46. The summed E-state index contributed by atoms with van der Waals surface area (Å²) in [5.74, 6) is 0. The third-order valence-corrected chi connectivity index (χ3v) is 2.01. The monoisotopic (exact) mass is 157 g/mol. The van der Waals surface area contributed by atoms with Gasteiger partial charge in [-0.2, -0.15) is 5.10 Å². The molecular formula is C9H7N3. The van der Waals surface area contributed by atoms with E-state index in [-0.39, 0.29) is 0 Å². The van der Waals surface area contributed by atoms with E-state index >= 15 is 0 Å². The Morgan fingerprint density at radius 2 is 2.08 bits per heavy atom. The quantitative estimate of drug-likeness (QED) is 0.439. The molecule has 0 saturated heterocycles. The number of aromatic nitrogens is 3. The molecule has 0 aliphatic rings. The number of benzene rings is 1. The van der Waals surface area contributed by atoms with Crippen LogP contribution in [0.2, 0.25) is 0 Å². The lowest BCUT2D eigenvalue weighted by Gasteiger charge is -1.88. The van der Waals surface area contributed by atoms with Crippen molar-refractivity contribution in [1.82, 2.24) is 9.61 Å². The molecule has 0 radical (unpaired) electrons. The summed E-state index contributed by atoms with van der Waals surface area (Å²) in [5, 5.41) is 4.35. The molecule has 0 atom stereocenters. The number of hydrogen-bond donors (Lipinski definition) is 0. The molecule has 0 fully saturated rings. The van der Waals surface area contributed by atoms with Gasteiger partial charge in [0.05, 0.1) is 0 Å². The minimum Gasteiger partial charge on any atom is -0.225 e. The van der Waals surface area contributed by atoms with Gasteiger partial charge in [0.15, 0.2) is 6.20 Å². The van der Waals surface area contributed by atoms with Gasteiger partial charge in [0.2, 0.25) is 0 Å². The van der Waals surface area contributed by atoms with Crippen LogP contribution in [0.3, 0.4) is 0 Å². The van der Waals surface area contributed by atoms with Crippen molar-refractivity contribution in [1.29, 1.82) is 0 Å². The Kier molecular flexibility index (Phi) is 0.913. The molecule has 0 unspecified atom stereocenters. The molecule has 0 aliphatic carbocycles. The number of hydrogen-bond acceptors (Lipinski definition) is 0. The van der Waals surface area contributed by atoms with Crippen LogP contribution in [0.1, 0.15) is 0 Å². The van der Waals surface area contributed by atoms with Gasteiger partial charge in [-0.05, 0) is 6.20 Å². The van der Waals surface area contributed by atoms with Crippen LogP contribution in [0.4, 0.5) is 0 Å². The topological polar surface area (TPSA) is 22.6 Å². The highest BCUT2D eigenvalue weighted by atomic mass is 15.5. The first-order valence-electron chi connectivity index (χ1n) is 3.86. The van der Waals surface area contributed by atoms with Crippen molar-refractivity contribution >= 4 is 11.0 Å². The lowest BCUT2D eigenvalue weighted by Crippen LogP contribution is -2.28. The van der Waals surface area contributed by atoms with Crippen LogP contribution in [-0.4, -0.2) is 4.52 Å². The highest BCUT2D eigenvalue weighted by molar-refractivity contribution is 5.72. The molecule has 1 aromatic carbocycles. The van der Waals surface area contributed by atoms with Crippen LogP contribution in [0.5, 0.6) is 0 Å². The maximum absolute atomic E-state index is 4.35. The van der Waals surface area contributed by atoms with Crippen LogP contribution in [0.25, 0.3) is 11.0 Å². The van der Waals surface area contributed by atoms with Crippen LogP contribution in [0.15, 0.2) is 42.7 Å². The summed E-state index contributed by atoms with van der Waals surface area (Å²) in [5.41, 5.74) is 2.17. The predicted molar refractivity (Wildman–Crippen MR) is 43.9 cm³/mol. The Labute approximate surface area is 68.8 Å². The highest BCUT2D eigenvalue weighted by Crippen LogP contribution is 2.06. The third kappa shape index (κ3) is 0.580. The van der Waals surface area contributed by atoms with E-state index in [0.717, 1.165) is 11.0 Å². The molecule has 3 heteroatoms. The van der Waals surface area contributed by atoms with E-state index in [1.807, 2.05) is 45.8 Å². The Morgan fingerprint density at radius 1 is 1.17 bits per heavy atom. The molecule has 0 bridgehead atoms. The van der Waals surface area contributed by atoms with Gasteiger partial charge in [0.1, 0.15) is 0 Å². The Bertz CT molecular complexity index is 532. The molecular weight excluding hydrogens is 150 g/mol. The molecule has 0 N–H and O–H groups in total. The zero-order valence-electron chi connectivity index (χ0n) is 6.38. The average Bonchev–Trinajstić information content (AvgIpc) is 2.62. The van der Waals surface area contributed by atoms with Gasteiger partial charge in [-0.3, -0.25) is 0 Å². The van der Waals surface area contributed by atoms with Crippen molar-refractivity contribution in [3.63, 3.8) is 0 Å². The second-order valence-electron chi connectivity index (χ2n) is 2.74. The van der Waals surface area contributed by atoms with Crippen LogP contribution >= 0.6 is 0 Å². The molecule has 0 saturated carbocycles. The predicted octanol–water partition coefficient (Wildman–Crippen LogP) is 0.635. The lowest BCUT2D eigenvalue weighted by atomic mass is 10.3. The largest absolute Gasteiger partial charge is 0.225 e. The number of para-hydroxylation sites is 1. The number of rotatable bonds is 0. The van der Waals surface area contributed by atoms with Crippen molar-refractivity contribution in [2.75, 3.05) is 0 Å². The van der Waals surface area contributed by atoms with E-state index in [4.69, 9.17) is 0 Å². The van der Waals surface area contributed by atoms with Gasteiger partial charge in [-0.25, -0.2) is 4.52 Å². The third-order valence-electron chi connectivity index (χ3n) is 2.01. The van der Waals surface area contributed by atoms with Crippen molar-refractivity contribution in [3.05, 3.63) is 42.7 Å². The first kappa shape index (κ1) is 5.83. The summed E-state index contributed by atoms with van der Waals surface area (Å²) in [4.78, 5) is 0. The lowest BCUT2D eigenvalue weighted by molar-refractivity contribution is -0.674. The van der Waals surface area contributed by atoms with E-state index in [1.54, 1.807) is 0 Å². The summed E-state index contributed by atoms with van der Waals surface area (Å²) < 4.78 is 3.83. The van der Waals surface area contributed by atoms with Crippen molar-refractivity contribution in [2.24, 2.45) is 0 Å². The van der Waals surface area contributed by atoms with Gasteiger partial charge >= 0.3 is 0 Å². The maximum Gasteiger partial charge on any atom is 0.190 e. The number of nitrogens with zero attached hydrogens (tertiary/aromatic N) is 3. The molecule has 3 aromatic rings. The van der Waals surface area contributed by atoms with E-state index in [0.29, 0.717) is 0 Å². The minimum atomic E-state index is 1.03. The summed E-state index contributed by atoms with van der Waals surface area (Å²) in [6.07, 6.45) is 3.93. The molecule has 3 rings (SSSR count). The molecule has 3 nitrogen and oxygen atoms in total. The van der Waals surface area contributed by atoms with Crippen molar-refractivity contribution in [3.8, 4) is 0 Å². The van der Waals surface area contributed by atoms with E-state index in [9.17, 15) is 0 Å². The summed E-state index contributed by atoms with van der Waals surface area (Å²) >= 11 is 0. The standard InChI is InChI=1S/C9H7N3/c1-2-5-9-8(4-1)10-12-7-3-6-11(9)12/h1-7H. The SMILES string of the molecule is c1ccc2c(c1)[n-][n+]1cccn21. The molecule has 0 amide bonds. The molecule has 2 heterocycles. The molecule has 12 heavy (non-hydrogen) atoms. The van der Waals surface area contributed by atoms with E-state index in [1.165, 1.54) is 0 Å². The minimum absolute atomic E-state index is 1.03. The van der Waals surface area contributed by atoms with E-state index < -0.39 is 0 Å². The van der Waals surface area contributed by atoms with Gasteiger partial charge in [-0.1, -0.05) is 24.3 Å². The van der Waals surface area contributed by atoms with E-state index in [2.05, 4.69) is 11.2 Å². The van der Waals surface area contributed by atoms with Crippen LogP contribution in [0, 0.1) is 0 Å². The second-order valence-corrected chi connectivity index (χ2v) is 2.74. The normalized spacial score (nSPS) is 11.3. The van der Waals surface area contributed by atoms with Gasteiger partial charge < -0.3 is 0 Å². The summed E-state index contributed by atoms with van der Waals surface area (Å²) in [6, 6.07) is 10.1. The van der Waals surface area contributed by atoms with Gasteiger partial charge in [-0.15, -0.1) is 4.63 Å². The summed E-state index contributed by atoms with van der Waals surface area (Å²) in [7, 11) is 0. The Morgan fingerprint density at radius 3 is 3.08 bits per heavy atom. The molecule has 0 spiro atoms. The average molecular weight is 157 g/mol. The van der Waals surface area contributed by atoms with Crippen LogP contribution in [-0.2, 0) is 0 Å². The summed E-state index contributed by atoms with van der Waals surface area (Å²) in [6.45, 7) is 0. The maximum atomic E-state index is 4.35. The first-order chi connectivity index (χ1) is 5.95. The smallest absolute Gasteiger partial charge is 0.190 e. The zero-order chi connectivity index (χ0) is 7.97. The van der Waals surface area contributed by atoms with Crippen molar-refractivity contribution in [2.45, 2.75) is 0 Å². The van der Waals surface area contributed by atoms with Crippen molar-refractivity contribution < 1.29 is 4.63 Å². The Hall–Kier alpha value is -1.77.